The second-order valence-electron chi connectivity index (χ2n) is 6.62. The number of likely N-dealkylation sites (tertiary alicyclic amines) is 1. The topological polar surface area (TPSA) is 69.8 Å². The van der Waals surface area contributed by atoms with Crippen molar-refractivity contribution in [3.05, 3.63) is 41.2 Å². The molecule has 0 amide bonds. The normalized spacial score (nSPS) is 16.3. The van der Waals surface area contributed by atoms with Gasteiger partial charge in [0.25, 0.3) is 0 Å². The quantitative estimate of drug-likeness (QED) is 0.797. The van der Waals surface area contributed by atoms with Crippen LogP contribution in [0.3, 0.4) is 0 Å². The highest BCUT2D eigenvalue weighted by Crippen LogP contribution is 2.23. The Balaban J connectivity index is 1.53. The predicted octanol–water partition coefficient (Wildman–Crippen LogP) is 3.37. The molecule has 7 heteroatoms. The summed E-state index contributed by atoms with van der Waals surface area (Å²) >= 11 is 5.91. The molecule has 0 unspecified atom stereocenters. The SMILES string of the molecule is CCN(CC(=O)O)C1CCN(Cc2coc(-c3ccc(Cl)cc3)n2)CC1. The number of likely N-dealkylation sites (N-methyl/N-ethyl adjacent to an activating group) is 1. The van der Waals surface area contributed by atoms with Crippen molar-refractivity contribution < 1.29 is 14.3 Å². The van der Waals surface area contributed by atoms with Gasteiger partial charge in [-0.1, -0.05) is 18.5 Å². The molecule has 0 radical (unpaired) electrons. The molecule has 0 aliphatic carbocycles. The summed E-state index contributed by atoms with van der Waals surface area (Å²) in [6, 6.07) is 7.77. The maximum absolute atomic E-state index is 11.0. The van der Waals surface area contributed by atoms with Gasteiger partial charge in [0.1, 0.15) is 6.26 Å². The molecule has 0 saturated carbocycles. The number of rotatable bonds is 7. The Kier molecular flexibility index (Phi) is 6.29. The molecule has 140 valence electrons. The number of hydrogen-bond donors (Lipinski definition) is 1. The molecule has 1 aliphatic heterocycles. The lowest BCUT2D eigenvalue weighted by Crippen LogP contribution is -2.46. The van der Waals surface area contributed by atoms with Crippen LogP contribution in [0.15, 0.2) is 34.9 Å². The van der Waals surface area contributed by atoms with E-state index in [1.807, 2.05) is 31.2 Å². The summed E-state index contributed by atoms with van der Waals surface area (Å²) in [5.74, 6) is -0.156. The fraction of sp³-hybridized carbons (Fsp3) is 0.474. The number of carboxylic acids is 1. The van der Waals surface area contributed by atoms with Gasteiger partial charge in [0.2, 0.25) is 5.89 Å². The van der Waals surface area contributed by atoms with Crippen LogP contribution in [0.4, 0.5) is 0 Å². The van der Waals surface area contributed by atoms with Gasteiger partial charge in [-0.15, -0.1) is 0 Å². The molecule has 1 aliphatic rings. The summed E-state index contributed by atoms with van der Waals surface area (Å²) in [7, 11) is 0. The van der Waals surface area contributed by atoms with Gasteiger partial charge in [-0.05, 0) is 43.7 Å². The number of nitrogens with zero attached hydrogens (tertiary/aromatic N) is 3. The van der Waals surface area contributed by atoms with Crippen molar-refractivity contribution in [3.63, 3.8) is 0 Å². The highest BCUT2D eigenvalue weighted by Gasteiger charge is 2.25. The first-order chi connectivity index (χ1) is 12.5. The summed E-state index contributed by atoms with van der Waals surface area (Å²) in [5.41, 5.74) is 1.82. The van der Waals surface area contributed by atoms with E-state index in [0.717, 1.165) is 50.3 Å². The van der Waals surface area contributed by atoms with Crippen LogP contribution in [0.2, 0.25) is 5.02 Å². The minimum Gasteiger partial charge on any atom is -0.480 e. The van der Waals surface area contributed by atoms with Crippen molar-refractivity contribution in [1.29, 1.82) is 0 Å². The third-order valence-corrected chi connectivity index (χ3v) is 5.10. The molecule has 2 heterocycles. The number of carboxylic acid groups (broad SMARTS) is 1. The van der Waals surface area contributed by atoms with Crippen LogP contribution in [0.5, 0.6) is 0 Å². The smallest absolute Gasteiger partial charge is 0.317 e. The summed E-state index contributed by atoms with van der Waals surface area (Å²) in [5, 5.41) is 9.71. The summed E-state index contributed by atoms with van der Waals surface area (Å²) < 4.78 is 5.60. The summed E-state index contributed by atoms with van der Waals surface area (Å²) in [6.45, 7) is 5.52. The van der Waals surface area contributed by atoms with E-state index < -0.39 is 5.97 Å². The molecule has 26 heavy (non-hydrogen) atoms. The van der Waals surface area contributed by atoms with E-state index in [2.05, 4.69) is 14.8 Å². The third kappa shape index (κ3) is 4.84. The van der Waals surface area contributed by atoms with Crippen molar-refractivity contribution >= 4 is 17.6 Å². The molecule has 0 bridgehead atoms. The van der Waals surface area contributed by atoms with E-state index in [1.165, 1.54) is 0 Å². The minimum atomic E-state index is -0.758. The standard InChI is InChI=1S/C19H24ClN3O3/c1-2-23(12-18(24)25)17-7-9-22(10-8-17)11-16-13-26-19(21-16)14-3-5-15(20)6-4-14/h3-6,13,17H,2,7-12H2,1H3,(H,24,25). The van der Waals surface area contributed by atoms with Crippen molar-refractivity contribution in [2.75, 3.05) is 26.2 Å². The van der Waals surface area contributed by atoms with Crippen LogP contribution in [0.1, 0.15) is 25.5 Å². The Hall–Kier alpha value is -1.89. The Morgan fingerprint density at radius 3 is 2.65 bits per heavy atom. The van der Waals surface area contributed by atoms with Crippen molar-refractivity contribution in [3.8, 4) is 11.5 Å². The van der Waals surface area contributed by atoms with Gasteiger partial charge in [0.15, 0.2) is 0 Å². The largest absolute Gasteiger partial charge is 0.480 e. The predicted molar refractivity (Wildman–Crippen MR) is 100 cm³/mol. The molecule has 0 atom stereocenters. The Morgan fingerprint density at radius 1 is 1.35 bits per heavy atom. The van der Waals surface area contributed by atoms with Gasteiger partial charge >= 0.3 is 5.97 Å². The zero-order valence-corrected chi connectivity index (χ0v) is 15.7. The summed E-state index contributed by atoms with van der Waals surface area (Å²) in [6.07, 6.45) is 3.66. The van der Waals surface area contributed by atoms with Crippen LogP contribution in [-0.2, 0) is 11.3 Å². The van der Waals surface area contributed by atoms with E-state index in [9.17, 15) is 4.79 Å². The monoisotopic (exact) mass is 377 g/mol. The van der Waals surface area contributed by atoms with Crippen molar-refractivity contribution in [1.82, 2.24) is 14.8 Å². The zero-order valence-electron chi connectivity index (χ0n) is 14.9. The van der Waals surface area contributed by atoms with E-state index >= 15 is 0 Å². The van der Waals surface area contributed by atoms with Crippen LogP contribution >= 0.6 is 11.6 Å². The second-order valence-corrected chi connectivity index (χ2v) is 7.05. The number of halogens is 1. The highest BCUT2D eigenvalue weighted by atomic mass is 35.5. The lowest BCUT2D eigenvalue weighted by molar-refractivity contribution is -0.139. The van der Waals surface area contributed by atoms with Crippen LogP contribution < -0.4 is 0 Å². The number of aliphatic carboxylic acids is 1. The molecule has 0 spiro atoms. The van der Waals surface area contributed by atoms with Gasteiger partial charge in [-0.3, -0.25) is 14.6 Å². The first-order valence-corrected chi connectivity index (χ1v) is 9.31. The van der Waals surface area contributed by atoms with E-state index in [4.69, 9.17) is 21.1 Å². The van der Waals surface area contributed by atoms with Gasteiger partial charge in [0.05, 0.1) is 12.2 Å². The van der Waals surface area contributed by atoms with Crippen LogP contribution in [-0.4, -0.2) is 58.1 Å². The first kappa shape index (κ1) is 18.9. The average molecular weight is 378 g/mol. The highest BCUT2D eigenvalue weighted by molar-refractivity contribution is 6.30. The molecule has 1 fully saturated rings. The molecule has 1 N–H and O–H groups in total. The molecule has 1 saturated heterocycles. The fourth-order valence-corrected chi connectivity index (χ4v) is 3.58. The molecule has 2 aromatic rings. The molecule has 1 aromatic heterocycles. The van der Waals surface area contributed by atoms with E-state index in [0.29, 0.717) is 17.0 Å². The maximum Gasteiger partial charge on any atom is 0.317 e. The fourth-order valence-electron chi connectivity index (χ4n) is 3.45. The van der Waals surface area contributed by atoms with Gasteiger partial charge < -0.3 is 9.52 Å². The van der Waals surface area contributed by atoms with Crippen molar-refractivity contribution in [2.24, 2.45) is 0 Å². The molecule has 6 nitrogen and oxygen atoms in total. The molecular formula is C19H24ClN3O3. The van der Waals surface area contributed by atoms with Crippen LogP contribution in [0, 0.1) is 0 Å². The number of aromatic nitrogens is 1. The number of hydrogen-bond acceptors (Lipinski definition) is 5. The minimum absolute atomic E-state index is 0.120. The second kappa shape index (κ2) is 8.66. The molecule has 3 rings (SSSR count). The lowest BCUT2D eigenvalue weighted by Gasteiger charge is -2.37. The van der Waals surface area contributed by atoms with Gasteiger partial charge in [-0.25, -0.2) is 4.98 Å². The average Bonchev–Trinajstić information content (AvgIpc) is 3.09. The van der Waals surface area contributed by atoms with Gasteiger partial charge in [0, 0.05) is 36.3 Å². The molecule has 1 aromatic carbocycles. The zero-order chi connectivity index (χ0) is 18.5. The van der Waals surface area contributed by atoms with Crippen LogP contribution in [0.25, 0.3) is 11.5 Å². The van der Waals surface area contributed by atoms with Crippen molar-refractivity contribution in [2.45, 2.75) is 32.4 Å². The van der Waals surface area contributed by atoms with Gasteiger partial charge in [-0.2, -0.15) is 0 Å². The Labute approximate surface area is 158 Å². The van der Waals surface area contributed by atoms with E-state index in [-0.39, 0.29) is 6.54 Å². The number of piperidine rings is 1. The maximum atomic E-state index is 11.0. The molecular weight excluding hydrogens is 354 g/mol. The number of benzene rings is 1. The Morgan fingerprint density at radius 2 is 2.04 bits per heavy atom. The lowest BCUT2D eigenvalue weighted by atomic mass is 10.0. The first-order valence-electron chi connectivity index (χ1n) is 8.93. The number of oxazole rings is 1. The summed E-state index contributed by atoms with van der Waals surface area (Å²) in [4.78, 5) is 19.9. The Bertz CT molecular complexity index is 724. The van der Waals surface area contributed by atoms with E-state index in [1.54, 1.807) is 6.26 Å². The third-order valence-electron chi connectivity index (χ3n) is 4.85. The number of carbonyl (C=O) groups is 1.